The van der Waals surface area contributed by atoms with Gasteiger partial charge in [0, 0.05) is 6.04 Å². The van der Waals surface area contributed by atoms with E-state index in [2.05, 4.69) is 26.1 Å². The van der Waals surface area contributed by atoms with Crippen LogP contribution in [0.25, 0.3) is 0 Å². The van der Waals surface area contributed by atoms with Gasteiger partial charge >= 0.3 is 0 Å². The van der Waals surface area contributed by atoms with Crippen LogP contribution < -0.4 is 5.32 Å². The maximum absolute atomic E-state index is 13.0. The van der Waals surface area contributed by atoms with Crippen molar-refractivity contribution in [1.29, 1.82) is 0 Å². The number of hydrogen-bond donors (Lipinski definition) is 2. The Kier molecular flexibility index (Phi) is 5.53. The van der Waals surface area contributed by atoms with E-state index in [1.54, 1.807) is 0 Å². The van der Waals surface area contributed by atoms with Crippen molar-refractivity contribution in [2.75, 3.05) is 13.2 Å². The Morgan fingerprint density at radius 3 is 2.33 bits per heavy atom. The molecular weight excluding hydrogens is 236 g/mol. The molecule has 0 aromatic heterocycles. The Bertz CT molecular complexity index is 251. The summed E-state index contributed by atoms with van der Waals surface area (Å²) in [5.74, 6) is -2.31. The van der Waals surface area contributed by atoms with Crippen molar-refractivity contribution in [2.24, 2.45) is 11.3 Å². The third kappa shape index (κ3) is 5.19. The summed E-state index contributed by atoms with van der Waals surface area (Å²) < 4.78 is 25.9. The maximum atomic E-state index is 13.0. The predicted molar refractivity (Wildman–Crippen MR) is 69.9 cm³/mol. The van der Waals surface area contributed by atoms with Crippen LogP contribution in [0, 0.1) is 11.3 Å². The highest BCUT2D eigenvalue weighted by molar-refractivity contribution is 4.82. The molecule has 1 aliphatic carbocycles. The van der Waals surface area contributed by atoms with Gasteiger partial charge in [-0.05, 0) is 37.0 Å². The Labute approximate surface area is 109 Å². The number of hydrogen-bond acceptors (Lipinski definition) is 2. The molecule has 0 radical (unpaired) electrons. The van der Waals surface area contributed by atoms with Crippen LogP contribution in [0.3, 0.4) is 0 Å². The largest absolute Gasteiger partial charge is 0.390 e. The van der Waals surface area contributed by atoms with Gasteiger partial charge < -0.3 is 10.4 Å². The Hall–Kier alpha value is -0.220. The number of aliphatic hydroxyl groups excluding tert-OH is 1. The van der Waals surface area contributed by atoms with Gasteiger partial charge in [-0.15, -0.1) is 0 Å². The Morgan fingerprint density at radius 2 is 1.78 bits per heavy atom. The van der Waals surface area contributed by atoms with Crippen LogP contribution >= 0.6 is 0 Å². The lowest BCUT2D eigenvalue weighted by atomic mass is 9.76. The van der Waals surface area contributed by atoms with E-state index in [0.717, 1.165) is 25.7 Å². The fourth-order valence-corrected chi connectivity index (χ4v) is 2.72. The van der Waals surface area contributed by atoms with Gasteiger partial charge in [-0.3, -0.25) is 0 Å². The van der Waals surface area contributed by atoms with Gasteiger partial charge in [-0.25, -0.2) is 8.78 Å². The normalized spacial score (nSPS) is 27.0. The minimum Gasteiger partial charge on any atom is -0.390 e. The summed E-state index contributed by atoms with van der Waals surface area (Å²) in [5.41, 5.74) is 0.309. The van der Waals surface area contributed by atoms with E-state index in [-0.39, 0.29) is 6.04 Å². The molecule has 0 heterocycles. The van der Waals surface area contributed by atoms with Crippen molar-refractivity contribution in [1.82, 2.24) is 5.32 Å². The second-order valence-electron chi connectivity index (χ2n) is 6.66. The Balaban J connectivity index is 2.38. The van der Waals surface area contributed by atoms with Gasteiger partial charge in [-0.1, -0.05) is 27.2 Å². The summed E-state index contributed by atoms with van der Waals surface area (Å²) in [6, 6.07) is 0.176. The fraction of sp³-hybridized carbons (Fsp3) is 1.00. The molecule has 2 nitrogen and oxygen atoms in total. The topological polar surface area (TPSA) is 32.3 Å². The summed E-state index contributed by atoms with van der Waals surface area (Å²) >= 11 is 0. The first-order valence-electron chi connectivity index (χ1n) is 6.97. The van der Waals surface area contributed by atoms with E-state index in [1.165, 1.54) is 6.42 Å². The zero-order valence-electron chi connectivity index (χ0n) is 11.8. The second-order valence-corrected chi connectivity index (χ2v) is 6.66. The van der Waals surface area contributed by atoms with Crippen molar-refractivity contribution < 1.29 is 13.9 Å². The molecule has 0 aromatic carbocycles. The predicted octanol–water partition coefficient (Wildman–Crippen LogP) is 3.20. The van der Waals surface area contributed by atoms with E-state index in [1.807, 2.05) is 0 Å². The molecule has 108 valence electrons. The SMILES string of the molecule is CC(C)(C)C1CCCC(NCC(F)(F)CO)CC1. The van der Waals surface area contributed by atoms with Crippen LogP contribution in [-0.2, 0) is 0 Å². The Morgan fingerprint density at radius 1 is 1.11 bits per heavy atom. The molecule has 0 saturated heterocycles. The number of rotatable bonds is 4. The van der Waals surface area contributed by atoms with Crippen LogP contribution in [0.1, 0.15) is 52.9 Å². The molecule has 0 aromatic rings. The van der Waals surface area contributed by atoms with Crippen LogP contribution in [0.5, 0.6) is 0 Å². The van der Waals surface area contributed by atoms with E-state index in [9.17, 15) is 8.78 Å². The number of nitrogens with one attached hydrogen (secondary N) is 1. The van der Waals surface area contributed by atoms with E-state index in [4.69, 9.17) is 5.11 Å². The lowest BCUT2D eigenvalue weighted by molar-refractivity contribution is -0.0496. The smallest absolute Gasteiger partial charge is 0.282 e. The van der Waals surface area contributed by atoms with Crippen LogP contribution in [0.15, 0.2) is 0 Å². The zero-order valence-corrected chi connectivity index (χ0v) is 11.8. The maximum Gasteiger partial charge on any atom is 0.282 e. The molecule has 1 fully saturated rings. The molecule has 2 N–H and O–H groups in total. The molecule has 2 unspecified atom stereocenters. The van der Waals surface area contributed by atoms with E-state index in [0.29, 0.717) is 11.3 Å². The summed E-state index contributed by atoms with van der Waals surface area (Å²) in [7, 11) is 0. The first kappa shape index (κ1) is 15.8. The summed E-state index contributed by atoms with van der Waals surface area (Å²) in [6.45, 7) is 5.29. The average molecular weight is 263 g/mol. The lowest BCUT2D eigenvalue weighted by Crippen LogP contribution is -2.41. The molecular formula is C14H27F2NO. The van der Waals surface area contributed by atoms with Gasteiger partial charge in [-0.2, -0.15) is 0 Å². The average Bonchev–Trinajstić information content (AvgIpc) is 2.51. The van der Waals surface area contributed by atoms with Crippen LogP contribution in [-0.4, -0.2) is 30.2 Å². The summed E-state index contributed by atoms with van der Waals surface area (Å²) in [5, 5.41) is 11.5. The fourth-order valence-electron chi connectivity index (χ4n) is 2.72. The summed E-state index contributed by atoms with van der Waals surface area (Å²) in [6.07, 6.45) is 5.33. The highest BCUT2D eigenvalue weighted by Gasteiger charge is 2.31. The lowest BCUT2D eigenvalue weighted by Gasteiger charge is -2.29. The van der Waals surface area contributed by atoms with Crippen molar-refractivity contribution in [3.63, 3.8) is 0 Å². The number of alkyl halides is 2. The molecule has 4 heteroatoms. The van der Waals surface area contributed by atoms with Gasteiger partial charge in [0.25, 0.3) is 5.92 Å². The van der Waals surface area contributed by atoms with Crippen LogP contribution in [0.2, 0.25) is 0 Å². The van der Waals surface area contributed by atoms with Crippen molar-refractivity contribution in [2.45, 2.75) is 64.8 Å². The second kappa shape index (κ2) is 6.29. The van der Waals surface area contributed by atoms with Crippen molar-refractivity contribution in [3.8, 4) is 0 Å². The van der Waals surface area contributed by atoms with Gasteiger partial charge in [0.15, 0.2) is 0 Å². The third-order valence-electron chi connectivity index (χ3n) is 4.07. The monoisotopic (exact) mass is 263 g/mol. The third-order valence-corrected chi connectivity index (χ3v) is 4.07. The number of aliphatic hydroxyl groups is 1. The highest BCUT2D eigenvalue weighted by atomic mass is 19.3. The molecule has 0 bridgehead atoms. The van der Waals surface area contributed by atoms with E-state index < -0.39 is 19.1 Å². The van der Waals surface area contributed by atoms with Crippen molar-refractivity contribution >= 4 is 0 Å². The first-order chi connectivity index (χ1) is 8.24. The molecule has 0 aliphatic heterocycles. The first-order valence-corrected chi connectivity index (χ1v) is 6.97. The molecule has 18 heavy (non-hydrogen) atoms. The molecule has 1 saturated carbocycles. The van der Waals surface area contributed by atoms with Crippen molar-refractivity contribution in [3.05, 3.63) is 0 Å². The van der Waals surface area contributed by atoms with Gasteiger partial charge in [0.05, 0.1) is 6.54 Å². The van der Waals surface area contributed by atoms with Gasteiger partial charge in [0.1, 0.15) is 6.61 Å². The molecule has 0 amide bonds. The zero-order chi connectivity index (χ0) is 13.8. The molecule has 1 rings (SSSR count). The number of halogens is 2. The minimum atomic E-state index is -2.99. The minimum absolute atomic E-state index is 0.176. The van der Waals surface area contributed by atoms with Gasteiger partial charge in [0.2, 0.25) is 0 Å². The molecule has 0 spiro atoms. The summed E-state index contributed by atoms with van der Waals surface area (Å²) in [4.78, 5) is 0. The molecule has 1 aliphatic rings. The molecule has 2 atom stereocenters. The van der Waals surface area contributed by atoms with Crippen LogP contribution in [0.4, 0.5) is 8.78 Å². The van der Waals surface area contributed by atoms with E-state index >= 15 is 0 Å². The quantitative estimate of drug-likeness (QED) is 0.763. The highest BCUT2D eigenvalue weighted by Crippen LogP contribution is 2.36. The standard InChI is InChI=1S/C14H27F2NO/c1-13(2,3)11-5-4-6-12(8-7-11)17-9-14(15,16)10-18/h11-12,17-18H,4-10H2,1-3H3.